The monoisotopic (exact) mass is 274 g/mol. The van der Waals surface area contributed by atoms with Gasteiger partial charge in [-0.05, 0) is 32.4 Å². The van der Waals surface area contributed by atoms with E-state index in [0.717, 1.165) is 0 Å². The summed E-state index contributed by atoms with van der Waals surface area (Å²) in [5, 5.41) is 0. The summed E-state index contributed by atoms with van der Waals surface area (Å²) < 4.78 is 10.2. The first-order valence-corrected chi connectivity index (χ1v) is 6.53. The van der Waals surface area contributed by atoms with E-state index in [-0.39, 0.29) is 17.7 Å². The van der Waals surface area contributed by atoms with Gasteiger partial charge in [-0.2, -0.15) is 0 Å². The Morgan fingerprint density at radius 3 is 2.25 bits per heavy atom. The predicted molar refractivity (Wildman–Crippen MR) is 75.3 cm³/mol. The Labute approximate surface area is 119 Å². The fourth-order valence-corrected chi connectivity index (χ4v) is 1.62. The third-order valence-corrected chi connectivity index (χ3v) is 2.57. The van der Waals surface area contributed by atoms with E-state index in [0.29, 0.717) is 6.42 Å². The van der Waals surface area contributed by atoms with Gasteiger partial charge in [0.25, 0.3) is 0 Å². The normalized spacial score (nSPS) is 10.9. The van der Waals surface area contributed by atoms with Gasteiger partial charge in [-0.25, -0.2) is 9.59 Å². The highest BCUT2D eigenvalue weighted by molar-refractivity contribution is 6.03. The zero-order chi connectivity index (χ0) is 15.0. The van der Waals surface area contributed by atoms with Gasteiger partial charge in [0.1, 0.15) is 0 Å². The van der Waals surface area contributed by atoms with Crippen LogP contribution in [-0.4, -0.2) is 24.6 Å². The summed E-state index contributed by atoms with van der Waals surface area (Å²) in [4.78, 5) is 23.9. The minimum Gasteiger partial charge on any atom is -0.462 e. The Balaban J connectivity index is 2.97. The molecular formula is C16H18O4. The lowest BCUT2D eigenvalue weighted by atomic mass is 10.1. The lowest BCUT2D eigenvalue weighted by Crippen LogP contribution is -2.19. The average molecular weight is 274 g/mol. The number of carbonyl (C=O) groups excluding carboxylic acids is 2. The average Bonchev–Trinajstić information content (AvgIpc) is 2.46. The number of carbonyl (C=O) groups is 2. The summed E-state index contributed by atoms with van der Waals surface area (Å²) in [5.74, 6) is 4.41. The van der Waals surface area contributed by atoms with E-state index < -0.39 is 18.0 Å². The summed E-state index contributed by atoms with van der Waals surface area (Å²) in [5.41, 5.74) is 0.404. The second-order valence-electron chi connectivity index (χ2n) is 3.96. The van der Waals surface area contributed by atoms with E-state index in [9.17, 15) is 9.59 Å². The third kappa shape index (κ3) is 4.13. The van der Waals surface area contributed by atoms with Crippen LogP contribution in [-0.2, 0) is 9.47 Å². The summed E-state index contributed by atoms with van der Waals surface area (Å²) in [6.45, 7) is 5.52. The van der Waals surface area contributed by atoms with Crippen LogP contribution in [0.5, 0.6) is 0 Å². The molecule has 106 valence electrons. The number of rotatable bonds is 5. The van der Waals surface area contributed by atoms with Crippen LogP contribution < -0.4 is 0 Å². The first-order valence-electron chi connectivity index (χ1n) is 6.53. The van der Waals surface area contributed by atoms with Crippen LogP contribution in [0.2, 0.25) is 0 Å². The van der Waals surface area contributed by atoms with Crippen molar-refractivity contribution in [1.82, 2.24) is 0 Å². The van der Waals surface area contributed by atoms with Gasteiger partial charge in [-0.3, -0.25) is 0 Å². The van der Waals surface area contributed by atoms with Crippen molar-refractivity contribution >= 4 is 11.9 Å². The van der Waals surface area contributed by atoms with E-state index in [4.69, 9.17) is 9.47 Å². The maximum Gasteiger partial charge on any atom is 0.340 e. The van der Waals surface area contributed by atoms with Gasteiger partial charge in [0, 0.05) is 0 Å². The smallest absolute Gasteiger partial charge is 0.340 e. The van der Waals surface area contributed by atoms with Gasteiger partial charge in [-0.15, -0.1) is 5.92 Å². The molecule has 4 nitrogen and oxygen atoms in total. The molecule has 0 amide bonds. The standard InChI is InChI=1S/C16H18O4/c1-4-9-12(5-2)20-16(18)14-11-8-7-10-13(14)15(17)19-6-3/h7-8,10-12H,5-6H2,1-3H3. The SMILES string of the molecule is CC#CC(CC)OC(=O)c1ccccc1C(=O)OCC. The minimum atomic E-state index is -0.566. The van der Waals surface area contributed by atoms with E-state index in [1.54, 1.807) is 38.1 Å². The lowest BCUT2D eigenvalue weighted by molar-refractivity contribution is 0.0388. The largest absolute Gasteiger partial charge is 0.462 e. The third-order valence-electron chi connectivity index (χ3n) is 2.57. The van der Waals surface area contributed by atoms with Gasteiger partial charge in [0.15, 0.2) is 6.10 Å². The minimum absolute atomic E-state index is 0.197. The van der Waals surface area contributed by atoms with Crippen LogP contribution in [0.4, 0.5) is 0 Å². The summed E-state index contributed by atoms with van der Waals surface area (Å²) in [7, 11) is 0. The molecule has 0 spiro atoms. The zero-order valence-electron chi connectivity index (χ0n) is 11.9. The number of esters is 2. The molecule has 0 radical (unpaired) electrons. The number of ether oxygens (including phenoxy) is 2. The van der Waals surface area contributed by atoms with Gasteiger partial charge in [0.05, 0.1) is 17.7 Å². The van der Waals surface area contributed by atoms with Crippen LogP contribution in [0, 0.1) is 11.8 Å². The Hall–Kier alpha value is -2.28. The van der Waals surface area contributed by atoms with Crippen molar-refractivity contribution in [3.63, 3.8) is 0 Å². The molecule has 1 rings (SSSR count). The molecule has 0 aliphatic rings. The van der Waals surface area contributed by atoms with Crippen LogP contribution in [0.25, 0.3) is 0 Å². The molecule has 0 aromatic heterocycles. The Morgan fingerprint density at radius 1 is 1.15 bits per heavy atom. The molecule has 1 aromatic rings. The first kappa shape index (κ1) is 15.8. The summed E-state index contributed by atoms with van der Waals surface area (Å²) in [6.07, 6.45) is 0.122. The molecule has 0 heterocycles. The molecule has 0 aliphatic heterocycles. The van der Waals surface area contributed by atoms with Crippen molar-refractivity contribution < 1.29 is 19.1 Å². The number of hydrogen-bond donors (Lipinski definition) is 0. The molecule has 0 aliphatic carbocycles. The molecule has 4 heteroatoms. The van der Waals surface area contributed by atoms with Gasteiger partial charge >= 0.3 is 11.9 Å². The molecule has 0 bridgehead atoms. The quantitative estimate of drug-likeness (QED) is 0.612. The maximum atomic E-state index is 12.1. The van der Waals surface area contributed by atoms with E-state index >= 15 is 0 Å². The van der Waals surface area contributed by atoms with Gasteiger partial charge in [0.2, 0.25) is 0 Å². The topological polar surface area (TPSA) is 52.6 Å². The van der Waals surface area contributed by atoms with E-state index in [1.807, 2.05) is 6.92 Å². The van der Waals surface area contributed by atoms with Crippen molar-refractivity contribution in [1.29, 1.82) is 0 Å². The summed E-state index contributed by atoms with van der Waals surface area (Å²) in [6, 6.07) is 6.43. The molecule has 0 saturated carbocycles. The van der Waals surface area contributed by atoms with E-state index in [1.165, 1.54) is 0 Å². The van der Waals surface area contributed by atoms with Crippen LogP contribution in [0.15, 0.2) is 24.3 Å². The van der Waals surface area contributed by atoms with Crippen molar-refractivity contribution in [3.05, 3.63) is 35.4 Å². The molecular weight excluding hydrogens is 256 g/mol. The molecule has 1 atom stereocenters. The van der Waals surface area contributed by atoms with Crippen LogP contribution in [0.3, 0.4) is 0 Å². The first-order chi connectivity index (χ1) is 9.63. The van der Waals surface area contributed by atoms with E-state index in [2.05, 4.69) is 11.8 Å². The molecule has 0 N–H and O–H groups in total. The van der Waals surface area contributed by atoms with Crippen molar-refractivity contribution in [2.75, 3.05) is 6.61 Å². The predicted octanol–water partition coefficient (Wildman–Crippen LogP) is 2.82. The highest BCUT2D eigenvalue weighted by atomic mass is 16.5. The van der Waals surface area contributed by atoms with Crippen molar-refractivity contribution in [2.45, 2.75) is 33.3 Å². The van der Waals surface area contributed by atoms with Gasteiger partial charge < -0.3 is 9.47 Å². The number of hydrogen-bond acceptors (Lipinski definition) is 4. The van der Waals surface area contributed by atoms with Crippen molar-refractivity contribution in [2.24, 2.45) is 0 Å². The van der Waals surface area contributed by atoms with Crippen molar-refractivity contribution in [3.8, 4) is 11.8 Å². The summed E-state index contributed by atoms with van der Waals surface area (Å²) >= 11 is 0. The zero-order valence-corrected chi connectivity index (χ0v) is 11.9. The fourth-order valence-electron chi connectivity index (χ4n) is 1.62. The second-order valence-corrected chi connectivity index (χ2v) is 3.96. The van der Waals surface area contributed by atoms with Gasteiger partial charge in [-0.1, -0.05) is 25.0 Å². The van der Waals surface area contributed by atoms with Crippen LogP contribution >= 0.6 is 0 Å². The molecule has 0 saturated heterocycles. The fraction of sp³-hybridized carbons (Fsp3) is 0.375. The van der Waals surface area contributed by atoms with Crippen LogP contribution in [0.1, 0.15) is 47.9 Å². The lowest BCUT2D eigenvalue weighted by Gasteiger charge is -2.12. The molecule has 0 fully saturated rings. The Bertz CT molecular complexity index is 537. The highest BCUT2D eigenvalue weighted by Gasteiger charge is 2.20. The number of benzene rings is 1. The Morgan fingerprint density at radius 2 is 1.75 bits per heavy atom. The molecule has 1 aromatic carbocycles. The second kappa shape index (κ2) is 8.00. The Kier molecular flexibility index (Phi) is 6.31. The highest BCUT2D eigenvalue weighted by Crippen LogP contribution is 2.13. The molecule has 20 heavy (non-hydrogen) atoms. The molecule has 1 unspecified atom stereocenters. The maximum absolute atomic E-state index is 12.1.